The summed E-state index contributed by atoms with van der Waals surface area (Å²) in [6.07, 6.45) is 2.45. The lowest BCUT2D eigenvalue weighted by Crippen LogP contribution is -2.29. The van der Waals surface area contributed by atoms with Crippen LogP contribution in [0.1, 0.15) is 41.5 Å². The molecule has 2 rings (SSSR count). The highest BCUT2D eigenvalue weighted by molar-refractivity contribution is 5.23. The van der Waals surface area contributed by atoms with E-state index in [1.165, 1.54) is 18.4 Å². The van der Waals surface area contributed by atoms with Crippen LogP contribution in [0, 0.1) is 20.8 Å². The van der Waals surface area contributed by atoms with Gasteiger partial charge in [-0.2, -0.15) is 0 Å². The maximum absolute atomic E-state index is 4.61. The molecule has 2 heterocycles. The summed E-state index contributed by atoms with van der Waals surface area (Å²) in [7, 11) is 0. The van der Waals surface area contributed by atoms with Crippen molar-refractivity contribution in [2.24, 2.45) is 0 Å². The Morgan fingerprint density at radius 2 is 1.80 bits per heavy atom. The third kappa shape index (κ3) is 2.17. The summed E-state index contributed by atoms with van der Waals surface area (Å²) in [5.41, 5.74) is 3.48. The molecule has 0 saturated carbocycles. The smallest absolute Gasteiger partial charge is 0.133 e. The molecule has 15 heavy (non-hydrogen) atoms. The monoisotopic (exact) mass is 205 g/mol. The number of rotatable bonds is 1. The minimum Gasteiger partial charge on any atom is -0.316 e. The molecule has 3 heteroatoms. The highest BCUT2D eigenvalue weighted by Gasteiger charge is 2.18. The van der Waals surface area contributed by atoms with E-state index in [0.717, 1.165) is 30.3 Å². The first-order valence-corrected chi connectivity index (χ1v) is 5.71. The Morgan fingerprint density at radius 1 is 1.13 bits per heavy atom. The van der Waals surface area contributed by atoms with E-state index in [4.69, 9.17) is 0 Å². The minimum absolute atomic E-state index is 0.511. The lowest BCUT2D eigenvalue weighted by Gasteiger charge is -2.22. The molecule has 1 saturated heterocycles. The molecule has 1 aromatic rings. The van der Waals surface area contributed by atoms with Crippen molar-refractivity contribution in [1.29, 1.82) is 0 Å². The predicted octanol–water partition coefficient (Wildman–Crippen LogP) is 1.87. The number of aromatic nitrogens is 2. The summed E-state index contributed by atoms with van der Waals surface area (Å²) in [6.45, 7) is 8.41. The third-order valence-corrected chi connectivity index (χ3v) is 3.31. The molecule has 82 valence electrons. The van der Waals surface area contributed by atoms with Crippen molar-refractivity contribution in [1.82, 2.24) is 15.3 Å². The standard InChI is InChI=1S/C12H19N3/c1-8-9(2)14-12(15-10(8)3)11-5-4-6-13-7-11/h11,13H,4-7H2,1-3H3. The Balaban J connectivity index is 2.27. The van der Waals surface area contributed by atoms with E-state index in [9.17, 15) is 0 Å². The highest BCUT2D eigenvalue weighted by Crippen LogP contribution is 2.21. The molecule has 0 spiro atoms. The normalized spacial score (nSPS) is 21.7. The molecule has 1 unspecified atom stereocenters. The van der Waals surface area contributed by atoms with Crippen LogP contribution in [0.15, 0.2) is 0 Å². The molecule has 1 N–H and O–H groups in total. The number of hydrogen-bond donors (Lipinski definition) is 1. The van der Waals surface area contributed by atoms with Gasteiger partial charge in [-0.05, 0) is 45.7 Å². The molecule has 3 nitrogen and oxygen atoms in total. The van der Waals surface area contributed by atoms with Crippen LogP contribution in [0.5, 0.6) is 0 Å². The maximum atomic E-state index is 4.61. The summed E-state index contributed by atoms with van der Waals surface area (Å²) < 4.78 is 0. The Morgan fingerprint density at radius 3 is 2.33 bits per heavy atom. The van der Waals surface area contributed by atoms with Gasteiger partial charge in [0.15, 0.2) is 0 Å². The predicted molar refractivity (Wildman–Crippen MR) is 61.1 cm³/mol. The van der Waals surface area contributed by atoms with Crippen LogP contribution >= 0.6 is 0 Å². The second-order valence-corrected chi connectivity index (χ2v) is 4.42. The van der Waals surface area contributed by atoms with Gasteiger partial charge in [0.05, 0.1) is 0 Å². The number of hydrogen-bond acceptors (Lipinski definition) is 3. The number of piperidine rings is 1. The average Bonchev–Trinajstić information content (AvgIpc) is 2.26. The first kappa shape index (κ1) is 10.6. The van der Waals surface area contributed by atoms with Crippen LogP contribution in [0.3, 0.4) is 0 Å². The molecule has 1 aliphatic rings. The van der Waals surface area contributed by atoms with Gasteiger partial charge >= 0.3 is 0 Å². The fourth-order valence-corrected chi connectivity index (χ4v) is 2.05. The first-order valence-electron chi connectivity index (χ1n) is 5.71. The fourth-order valence-electron chi connectivity index (χ4n) is 2.05. The van der Waals surface area contributed by atoms with Crippen LogP contribution in [0.25, 0.3) is 0 Å². The second kappa shape index (κ2) is 4.27. The summed E-state index contributed by atoms with van der Waals surface area (Å²) in [4.78, 5) is 9.21. The molecule has 1 atom stereocenters. The van der Waals surface area contributed by atoms with Crippen molar-refractivity contribution in [2.45, 2.75) is 39.5 Å². The van der Waals surface area contributed by atoms with E-state index in [0.29, 0.717) is 5.92 Å². The largest absolute Gasteiger partial charge is 0.316 e. The SMILES string of the molecule is Cc1nc(C2CCCNC2)nc(C)c1C. The van der Waals surface area contributed by atoms with E-state index >= 15 is 0 Å². The number of nitrogens with one attached hydrogen (secondary N) is 1. The zero-order valence-electron chi connectivity index (χ0n) is 9.80. The van der Waals surface area contributed by atoms with Crippen LogP contribution < -0.4 is 5.32 Å². The third-order valence-electron chi connectivity index (χ3n) is 3.31. The second-order valence-electron chi connectivity index (χ2n) is 4.42. The summed E-state index contributed by atoms with van der Waals surface area (Å²) in [5.74, 6) is 1.54. The lowest BCUT2D eigenvalue weighted by molar-refractivity contribution is 0.445. The van der Waals surface area contributed by atoms with Gasteiger partial charge in [-0.15, -0.1) is 0 Å². The van der Waals surface area contributed by atoms with Gasteiger partial charge in [-0.1, -0.05) is 0 Å². The van der Waals surface area contributed by atoms with E-state index in [1.807, 2.05) is 0 Å². The summed E-state index contributed by atoms with van der Waals surface area (Å²) in [5, 5.41) is 3.41. The van der Waals surface area contributed by atoms with Crippen LogP contribution in [-0.4, -0.2) is 23.1 Å². The zero-order valence-corrected chi connectivity index (χ0v) is 9.80. The van der Waals surface area contributed by atoms with Crippen LogP contribution in [-0.2, 0) is 0 Å². The van der Waals surface area contributed by atoms with Crippen molar-refractivity contribution >= 4 is 0 Å². The van der Waals surface area contributed by atoms with Gasteiger partial charge in [0, 0.05) is 23.9 Å². The Labute approximate surface area is 91.3 Å². The summed E-state index contributed by atoms with van der Waals surface area (Å²) in [6, 6.07) is 0. The highest BCUT2D eigenvalue weighted by atomic mass is 14.9. The Kier molecular flexibility index (Phi) is 3.00. The van der Waals surface area contributed by atoms with Gasteiger partial charge in [-0.3, -0.25) is 0 Å². The van der Waals surface area contributed by atoms with E-state index in [1.54, 1.807) is 0 Å². The Bertz CT molecular complexity index is 331. The molecule has 1 fully saturated rings. The molecular formula is C12H19N3. The van der Waals surface area contributed by atoms with Crippen molar-refractivity contribution in [3.8, 4) is 0 Å². The minimum atomic E-state index is 0.511. The van der Waals surface area contributed by atoms with Gasteiger partial charge in [0.25, 0.3) is 0 Å². The fraction of sp³-hybridized carbons (Fsp3) is 0.667. The van der Waals surface area contributed by atoms with Crippen LogP contribution in [0.4, 0.5) is 0 Å². The first-order chi connectivity index (χ1) is 7.18. The van der Waals surface area contributed by atoms with Crippen molar-refractivity contribution in [2.75, 3.05) is 13.1 Å². The van der Waals surface area contributed by atoms with E-state index in [-0.39, 0.29) is 0 Å². The molecule has 1 aliphatic heterocycles. The summed E-state index contributed by atoms with van der Waals surface area (Å²) >= 11 is 0. The van der Waals surface area contributed by atoms with Gasteiger partial charge in [0.2, 0.25) is 0 Å². The van der Waals surface area contributed by atoms with Gasteiger partial charge < -0.3 is 5.32 Å². The molecule has 0 radical (unpaired) electrons. The van der Waals surface area contributed by atoms with Crippen molar-refractivity contribution < 1.29 is 0 Å². The van der Waals surface area contributed by atoms with E-state index < -0.39 is 0 Å². The topological polar surface area (TPSA) is 37.8 Å². The molecule has 1 aromatic heterocycles. The molecule has 0 aliphatic carbocycles. The van der Waals surface area contributed by atoms with Crippen LogP contribution in [0.2, 0.25) is 0 Å². The molecular weight excluding hydrogens is 186 g/mol. The maximum Gasteiger partial charge on any atom is 0.133 e. The number of aryl methyl sites for hydroxylation is 2. The van der Waals surface area contributed by atoms with Gasteiger partial charge in [0.1, 0.15) is 5.82 Å². The van der Waals surface area contributed by atoms with Crippen molar-refractivity contribution in [3.05, 3.63) is 22.8 Å². The lowest BCUT2D eigenvalue weighted by atomic mass is 9.98. The Hall–Kier alpha value is -0.960. The zero-order chi connectivity index (χ0) is 10.8. The molecule has 0 bridgehead atoms. The average molecular weight is 205 g/mol. The van der Waals surface area contributed by atoms with Gasteiger partial charge in [-0.25, -0.2) is 9.97 Å². The number of nitrogens with zero attached hydrogens (tertiary/aromatic N) is 2. The van der Waals surface area contributed by atoms with E-state index in [2.05, 4.69) is 36.1 Å². The quantitative estimate of drug-likeness (QED) is 0.760. The van der Waals surface area contributed by atoms with Crippen molar-refractivity contribution in [3.63, 3.8) is 0 Å². The molecule has 0 amide bonds. The molecule has 0 aromatic carbocycles.